The lowest BCUT2D eigenvalue weighted by atomic mass is 10.2. The van der Waals surface area contributed by atoms with Crippen molar-refractivity contribution in [2.45, 2.75) is 13.3 Å². The van der Waals surface area contributed by atoms with E-state index < -0.39 is 11.8 Å². The molecule has 0 saturated carbocycles. The molecule has 0 aliphatic carbocycles. The van der Waals surface area contributed by atoms with Crippen LogP contribution in [0.15, 0.2) is 46.9 Å². The standard InChI is InChI=1S/C20H23BrN2O5/c1-3-10-27-17-7-5-4-6-15(17)20(25)23-22-19(24)14-8-9-18(16(21)13-14)28-12-11-26-2/h4-9,13H,3,10-12H2,1-2H3,(H,22,24)(H,23,25). The topological polar surface area (TPSA) is 85.9 Å². The number of hydrazine groups is 1. The predicted molar refractivity (Wildman–Crippen MR) is 109 cm³/mol. The van der Waals surface area contributed by atoms with Crippen molar-refractivity contribution in [3.05, 3.63) is 58.1 Å². The van der Waals surface area contributed by atoms with Gasteiger partial charge in [0.1, 0.15) is 18.1 Å². The Morgan fingerprint density at radius 2 is 1.64 bits per heavy atom. The molecule has 0 radical (unpaired) electrons. The molecule has 0 fully saturated rings. The molecule has 0 unspecified atom stereocenters. The third-order valence-electron chi connectivity index (χ3n) is 3.62. The average Bonchev–Trinajstić information content (AvgIpc) is 2.71. The first kappa shape index (κ1) is 21.7. The molecule has 0 spiro atoms. The van der Waals surface area contributed by atoms with Gasteiger partial charge in [-0.2, -0.15) is 0 Å². The van der Waals surface area contributed by atoms with Crippen molar-refractivity contribution in [2.75, 3.05) is 26.9 Å². The lowest BCUT2D eigenvalue weighted by molar-refractivity contribution is 0.0844. The van der Waals surface area contributed by atoms with Crippen LogP contribution in [0.1, 0.15) is 34.1 Å². The smallest absolute Gasteiger partial charge is 0.273 e. The monoisotopic (exact) mass is 450 g/mol. The molecule has 28 heavy (non-hydrogen) atoms. The fourth-order valence-electron chi connectivity index (χ4n) is 2.24. The minimum atomic E-state index is -0.460. The highest BCUT2D eigenvalue weighted by Crippen LogP contribution is 2.26. The summed E-state index contributed by atoms with van der Waals surface area (Å²) in [5, 5.41) is 0. The molecule has 2 N–H and O–H groups in total. The van der Waals surface area contributed by atoms with E-state index in [-0.39, 0.29) is 0 Å². The van der Waals surface area contributed by atoms with Gasteiger partial charge in [-0.3, -0.25) is 20.4 Å². The van der Waals surface area contributed by atoms with Gasteiger partial charge in [-0.05, 0) is 52.7 Å². The van der Waals surface area contributed by atoms with Gasteiger partial charge in [-0.25, -0.2) is 0 Å². The van der Waals surface area contributed by atoms with Crippen molar-refractivity contribution < 1.29 is 23.8 Å². The van der Waals surface area contributed by atoms with Gasteiger partial charge in [0.15, 0.2) is 0 Å². The van der Waals surface area contributed by atoms with Crippen LogP contribution in [0.3, 0.4) is 0 Å². The molecule has 2 rings (SSSR count). The van der Waals surface area contributed by atoms with Crippen molar-refractivity contribution in [3.8, 4) is 11.5 Å². The van der Waals surface area contributed by atoms with Crippen LogP contribution in [0, 0.1) is 0 Å². The summed E-state index contributed by atoms with van der Waals surface area (Å²) in [6.07, 6.45) is 0.826. The summed E-state index contributed by atoms with van der Waals surface area (Å²) in [5.74, 6) is 0.152. The molecule has 7 nitrogen and oxygen atoms in total. The van der Waals surface area contributed by atoms with Gasteiger partial charge < -0.3 is 14.2 Å². The van der Waals surface area contributed by atoms with Crippen LogP contribution in [-0.4, -0.2) is 38.7 Å². The predicted octanol–water partition coefficient (Wildman–Crippen LogP) is 3.34. The minimum absolute atomic E-state index is 0.347. The molecular weight excluding hydrogens is 428 g/mol. The van der Waals surface area contributed by atoms with Crippen LogP contribution in [0.5, 0.6) is 11.5 Å². The highest BCUT2D eigenvalue weighted by atomic mass is 79.9. The lowest BCUT2D eigenvalue weighted by Gasteiger charge is -2.12. The van der Waals surface area contributed by atoms with E-state index in [1.807, 2.05) is 6.92 Å². The zero-order valence-electron chi connectivity index (χ0n) is 15.8. The fourth-order valence-corrected chi connectivity index (χ4v) is 2.73. The number of hydrogen-bond acceptors (Lipinski definition) is 5. The summed E-state index contributed by atoms with van der Waals surface area (Å²) in [5.41, 5.74) is 5.52. The van der Waals surface area contributed by atoms with Gasteiger partial charge in [0.25, 0.3) is 11.8 Å². The number of rotatable bonds is 9. The van der Waals surface area contributed by atoms with Crippen LogP contribution in [-0.2, 0) is 4.74 Å². The molecule has 0 saturated heterocycles. The Labute approximate surface area is 172 Å². The minimum Gasteiger partial charge on any atom is -0.493 e. The molecule has 150 valence electrons. The van der Waals surface area contributed by atoms with Gasteiger partial charge in [0, 0.05) is 12.7 Å². The third kappa shape index (κ3) is 6.24. The van der Waals surface area contributed by atoms with E-state index in [4.69, 9.17) is 14.2 Å². The molecule has 2 aromatic rings. The molecule has 2 amide bonds. The lowest BCUT2D eigenvalue weighted by Crippen LogP contribution is -2.41. The molecule has 0 aliphatic heterocycles. The maximum Gasteiger partial charge on any atom is 0.273 e. The number of amides is 2. The maximum atomic E-state index is 12.4. The highest BCUT2D eigenvalue weighted by molar-refractivity contribution is 9.10. The molecule has 0 atom stereocenters. The second-order valence-electron chi connectivity index (χ2n) is 5.74. The molecular formula is C20H23BrN2O5. The number of halogens is 1. The number of carbonyl (C=O) groups excluding carboxylic acids is 2. The first-order valence-electron chi connectivity index (χ1n) is 8.80. The molecule has 0 aromatic heterocycles. The van der Waals surface area contributed by atoms with Gasteiger partial charge in [-0.1, -0.05) is 19.1 Å². The fraction of sp³-hybridized carbons (Fsp3) is 0.300. The van der Waals surface area contributed by atoms with Crippen LogP contribution in [0.2, 0.25) is 0 Å². The summed E-state index contributed by atoms with van der Waals surface area (Å²) >= 11 is 3.37. The summed E-state index contributed by atoms with van der Waals surface area (Å²) in [4.78, 5) is 24.7. The van der Waals surface area contributed by atoms with Gasteiger partial charge in [0.05, 0.1) is 23.2 Å². The highest BCUT2D eigenvalue weighted by Gasteiger charge is 2.14. The number of benzene rings is 2. The Morgan fingerprint density at radius 1 is 0.929 bits per heavy atom. The van der Waals surface area contributed by atoms with E-state index in [1.165, 1.54) is 0 Å². The van der Waals surface area contributed by atoms with Crippen LogP contribution in [0.4, 0.5) is 0 Å². The number of carbonyl (C=O) groups is 2. The number of ether oxygens (including phenoxy) is 3. The first-order chi connectivity index (χ1) is 13.6. The molecule has 0 aliphatic rings. The van der Waals surface area contributed by atoms with E-state index in [9.17, 15) is 9.59 Å². The molecule has 8 heteroatoms. The molecule has 0 bridgehead atoms. The summed E-state index contributed by atoms with van der Waals surface area (Å²) in [6, 6.07) is 11.8. The van der Waals surface area contributed by atoms with Crippen molar-refractivity contribution >= 4 is 27.7 Å². The van der Waals surface area contributed by atoms with E-state index in [0.717, 1.165) is 6.42 Å². The quantitative estimate of drug-likeness (QED) is 0.451. The van der Waals surface area contributed by atoms with Gasteiger partial charge in [-0.15, -0.1) is 0 Å². The van der Waals surface area contributed by atoms with Crippen molar-refractivity contribution in [1.82, 2.24) is 10.9 Å². The summed E-state index contributed by atoms with van der Waals surface area (Å²) in [7, 11) is 1.59. The number of hydrogen-bond donors (Lipinski definition) is 2. The molecule has 2 aromatic carbocycles. The third-order valence-corrected chi connectivity index (χ3v) is 4.24. The van der Waals surface area contributed by atoms with Crippen LogP contribution >= 0.6 is 15.9 Å². The largest absolute Gasteiger partial charge is 0.493 e. The maximum absolute atomic E-state index is 12.4. The normalized spacial score (nSPS) is 10.2. The van der Waals surface area contributed by atoms with Gasteiger partial charge >= 0.3 is 0 Å². The Hall–Kier alpha value is -2.58. The zero-order valence-corrected chi connectivity index (χ0v) is 17.4. The van der Waals surface area contributed by atoms with E-state index in [2.05, 4.69) is 26.8 Å². The Kier molecular flexibility index (Phi) is 8.77. The zero-order chi connectivity index (χ0) is 20.4. The molecule has 0 heterocycles. The van der Waals surface area contributed by atoms with Crippen LogP contribution in [0.25, 0.3) is 0 Å². The number of nitrogens with one attached hydrogen (secondary N) is 2. The van der Waals surface area contributed by atoms with E-state index in [1.54, 1.807) is 49.6 Å². The van der Waals surface area contributed by atoms with E-state index in [0.29, 0.717) is 46.9 Å². The summed E-state index contributed by atoms with van der Waals surface area (Å²) < 4.78 is 16.7. The first-order valence-corrected chi connectivity index (χ1v) is 9.60. The number of methoxy groups -OCH3 is 1. The van der Waals surface area contributed by atoms with Crippen LogP contribution < -0.4 is 20.3 Å². The number of para-hydroxylation sites is 1. The van der Waals surface area contributed by atoms with Gasteiger partial charge in [0.2, 0.25) is 0 Å². The summed E-state index contributed by atoms with van der Waals surface area (Å²) in [6.45, 7) is 3.35. The second-order valence-corrected chi connectivity index (χ2v) is 6.59. The Morgan fingerprint density at radius 3 is 2.36 bits per heavy atom. The van der Waals surface area contributed by atoms with Crippen molar-refractivity contribution in [2.24, 2.45) is 0 Å². The Balaban J connectivity index is 1.96. The van der Waals surface area contributed by atoms with Crippen molar-refractivity contribution in [3.63, 3.8) is 0 Å². The van der Waals surface area contributed by atoms with E-state index >= 15 is 0 Å². The van der Waals surface area contributed by atoms with Crippen molar-refractivity contribution in [1.29, 1.82) is 0 Å². The average molecular weight is 451 g/mol. The second kappa shape index (κ2) is 11.3. The SMILES string of the molecule is CCCOc1ccccc1C(=O)NNC(=O)c1ccc(OCCOC)c(Br)c1. The Bertz CT molecular complexity index is 813.